The highest BCUT2D eigenvalue weighted by Gasteiger charge is 2.31. The van der Waals surface area contributed by atoms with E-state index in [1.54, 1.807) is 11.3 Å². The summed E-state index contributed by atoms with van der Waals surface area (Å²) in [7, 11) is 2.13. The summed E-state index contributed by atoms with van der Waals surface area (Å²) in [5.41, 5.74) is 6.54. The van der Waals surface area contributed by atoms with Gasteiger partial charge in [0.2, 0.25) is 0 Å². The number of thiazole rings is 1. The monoisotopic (exact) mass is 211 g/mol. The van der Waals surface area contributed by atoms with Crippen LogP contribution in [0.2, 0.25) is 0 Å². The summed E-state index contributed by atoms with van der Waals surface area (Å²) in [5.74, 6) is 0.880. The summed E-state index contributed by atoms with van der Waals surface area (Å²) in [6.45, 7) is 2.82. The number of hydrogen-bond donors (Lipinski definition) is 1. The fraction of sp³-hybridized carbons (Fsp3) is 0.700. The average molecular weight is 211 g/mol. The number of nitrogens with two attached hydrogens (primary N) is 1. The zero-order valence-corrected chi connectivity index (χ0v) is 9.55. The normalized spacial score (nSPS) is 18.2. The molecule has 1 aliphatic carbocycles. The Labute approximate surface area is 88.9 Å². The number of aromatic nitrogens is 1. The zero-order chi connectivity index (χ0) is 10.1. The van der Waals surface area contributed by atoms with Gasteiger partial charge in [-0.05, 0) is 25.7 Å². The van der Waals surface area contributed by atoms with E-state index in [0.29, 0.717) is 12.6 Å². The van der Waals surface area contributed by atoms with Crippen molar-refractivity contribution in [2.45, 2.75) is 32.4 Å². The Morgan fingerprint density at radius 2 is 2.43 bits per heavy atom. The van der Waals surface area contributed by atoms with Crippen LogP contribution in [0.25, 0.3) is 0 Å². The van der Waals surface area contributed by atoms with Gasteiger partial charge in [0, 0.05) is 25.0 Å². The highest BCUT2D eigenvalue weighted by atomic mass is 32.1. The van der Waals surface area contributed by atoms with Gasteiger partial charge < -0.3 is 10.6 Å². The van der Waals surface area contributed by atoms with E-state index in [4.69, 9.17) is 5.73 Å². The zero-order valence-electron chi connectivity index (χ0n) is 8.73. The van der Waals surface area contributed by atoms with Crippen LogP contribution in [0.4, 0.5) is 5.13 Å². The van der Waals surface area contributed by atoms with Crippen molar-refractivity contribution in [3.05, 3.63) is 11.1 Å². The molecule has 1 heterocycles. The first kappa shape index (κ1) is 9.93. The molecule has 1 aliphatic rings. The molecule has 1 atom stereocenters. The van der Waals surface area contributed by atoms with Crippen LogP contribution in [0.3, 0.4) is 0 Å². The van der Waals surface area contributed by atoms with Gasteiger partial charge >= 0.3 is 0 Å². The lowest BCUT2D eigenvalue weighted by Gasteiger charge is -2.23. The summed E-state index contributed by atoms with van der Waals surface area (Å²) < 4.78 is 0. The Morgan fingerprint density at radius 3 is 2.93 bits per heavy atom. The number of hydrogen-bond acceptors (Lipinski definition) is 4. The molecule has 78 valence electrons. The summed E-state index contributed by atoms with van der Waals surface area (Å²) in [4.78, 5) is 6.76. The first-order valence-electron chi connectivity index (χ1n) is 5.09. The van der Waals surface area contributed by atoms with E-state index in [0.717, 1.165) is 16.7 Å². The smallest absolute Gasteiger partial charge is 0.185 e. The number of rotatable bonds is 4. The summed E-state index contributed by atoms with van der Waals surface area (Å²) in [5, 5.41) is 3.15. The highest BCUT2D eigenvalue weighted by Crippen LogP contribution is 2.36. The molecule has 2 rings (SSSR count). The van der Waals surface area contributed by atoms with Gasteiger partial charge in [0.1, 0.15) is 0 Å². The minimum atomic E-state index is 0.544. The summed E-state index contributed by atoms with van der Waals surface area (Å²) in [6.07, 6.45) is 2.75. The van der Waals surface area contributed by atoms with Gasteiger partial charge in [-0.25, -0.2) is 4.98 Å². The Morgan fingerprint density at radius 1 is 1.71 bits per heavy atom. The molecule has 14 heavy (non-hydrogen) atoms. The Kier molecular flexibility index (Phi) is 2.74. The van der Waals surface area contributed by atoms with Gasteiger partial charge in [-0.15, -0.1) is 11.3 Å². The second kappa shape index (κ2) is 3.87. The van der Waals surface area contributed by atoms with Crippen molar-refractivity contribution in [2.24, 2.45) is 11.7 Å². The lowest BCUT2D eigenvalue weighted by atomic mass is 10.2. The van der Waals surface area contributed by atoms with Crippen LogP contribution in [0.1, 0.15) is 25.5 Å². The van der Waals surface area contributed by atoms with Crippen LogP contribution in [0.5, 0.6) is 0 Å². The molecule has 1 unspecified atom stereocenters. The van der Waals surface area contributed by atoms with Crippen molar-refractivity contribution in [1.29, 1.82) is 0 Å². The maximum Gasteiger partial charge on any atom is 0.185 e. The third kappa shape index (κ3) is 1.91. The topological polar surface area (TPSA) is 42.2 Å². The predicted molar refractivity (Wildman–Crippen MR) is 60.6 cm³/mol. The molecular weight excluding hydrogens is 194 g/mol. The molecule has 4 heteroatoms. The Bertz CT molecular complexity index is 306. The highest BCUT2D eigenvalue weighted by molar-refractivity contribution is 7.13. The maximum absolute atomic E-state index is 5.54. The SMILES string of the molecule is CC(C1CC1)N(C)c1nc(CN)cs1. The van der Waals surface area contributed by atoms with Gasteiger partial charge in [0.15, 0.2) is 5.13 Å². The van der Waals surface area contributed by atoms with Crippen LogP contribution in [-0.2, 0) is 6.54 Å². The molecule has 0 amide bonds. The van der Waals surface area contributed by atoms with Gasteiger partial charge in [-0.1, -0.05) is 0 Å². The molecule has 1 aromatic rings. The summed E-state index contributed by atoms with van der Waals surface area (Å²) >= 11 is 1.69. The molecule has 0 aromatic carbocycles. The Hall–Kier alpha value is -0.610. The molecule has 0 saturated heterocycles. The molecule has 0 radical (unpaired) electrons. The average Bonchev–Trinajstić information content (AvgIpc) is 2.94. The lowest BCUT2D eigenvalue weighted by Crippen LogP contribution is -2.30. The first-order valence-corrected chi connectivity index (χ1v) is 5.97. The predicted octanol–water partition coefficient (Wildman–Crippen LogP) is 1.84. The Balaban J connectivity index is 2.05. The molecule has 2 N–H and O–H groups in total. The standard InChI is InChI=1S/C10H17N3S/c1-7(8-3-4-8)13(2)10-12-9(5-11)6-14-10/h6-8H,3-5,11H2,1-2H3. The van der Waals surface area contributed by atoms with E-state index in [1.165, 1.54) is 12.8 Å². The fourth-order valence-corrected chi connectivity index (χ4v) is 2.51. The number of nitrogens with zero attached hydrogens (tertiary/aromatic N) is 2. The van der Waals surface area contributed by atoms with E-state index in [9.17, 15) is 0 Å². The van der Waals surface area contributed by atoms with Crippen LogP contribution in [0, 0.1) is 5.92 Å². The van der Waals surface area contributed by atoms with E-state index in [1.807, 2.05) is 5.38 Å². The van der Waals surface area contributed by atoms with Crippen LogP contribution in [0.15, 0.2) is 5.38 Å². The maximum atomic E-state index is 5.54. The van der Waals surface area contributed by atoms with Crippen molar-refractivity contribution >= 4 is 16.5 Å². The quantitative estimate of drug-likeness (QED) is 0.826. The van der Waals surface area contributed by atoms with Gasteiger partial charge in [0.05, 0.1) is 5.69 Å². The molecule has 3 nitrogen and oxygen atoms in total. The largest absolute Gasteiger partial charge is 0.348 e. The number of anilines is 1. The van der Waals surface area contributed by atoms with E-state index in [-0.39, 0.29) is 0 Å². The minimum absolute atomic E-state index is 0.544. The van der Waals surface area contributed by atoms with Crippen molar-refractivity contribution in [1.82, 2.24) is 4.98 Å². The molecule has 1 saturated carbocycles. The molecule has 1 aromatic heterocycles. The van der Waals surface area contributed by atoms with Crippen molar-refractivity contribution in [2.75, 3.05) is 11.9 Å². The third-order valence-electron chi connectivity index (χ3n) is 2.97. The fourth-order valence-electron chi connectivity index (χ4n) is 1.62. The minimum Gasteiger partial charge on any atom is -0.348 e. The van der Waals surface area contributed by atoms with Gasteiger partial charge in [-0.3, -0.25) is 0 Å². The van der Waals surface area contributed by atoms with Crippen LogP contribution < -0.4 is 10.6 Å². The van der Waals surface area contributed by atoms with Crippen LogP contribution >= 0.6 is 11.3 Å². The molecule has 0 aliphatic heterocycles. The van der Waals surface area contributed by atoms with Crippen molar-refractivity contribution < 1.29 is 0 Å². The first-order chi connectivity index (χ1) is 6.72. The second-order valence-electron chi connectivity index (χ2n) is 4.01. The third-order valence-corrected chi connectivity index (χ3v) is 3.95. The molecular formula is C10H17N3S. The van der Waals surface area contributed by atoms with Crippen LogP contribution in [-0.4, -0.2) is 18.1 Å². The van der Waals surface area contributed by atoms with E-state index >= 15 is 0 Å². The molecule has 0 bridgehead atoms. The van der Waals surface area contributed by atoms with Crippen molar-refractivity contribution in [3.63, 3.8) is 0 Å². The van der Waals surface area contributed by atoms with Gasteiger partial charge in [0.25, 0.3) is 0 Å². The second-order valence-corrected chi connectivity index (χ2v) is 4.85. The van der Waals surface area contributed by atoms with Crippen molar-refractivity contribution in [3.8, 4) is 0 Å². The lowest BCUT2D eigenvalue weighted by molar-refractivity contribution is 0.607. The molecule has 0 spiro atoms. The summed E-state index contributed by atoms with van der Waals surface area (Å²) in [6, 6.07) is 0.617. The van der Waals surface area contributed by atoms with E-state index < -0.39 is 0 Å². The van der Waals surface area contributed by atoms with E-state index in [2.05, 4.69) is 23.9 Å². The van der Waals surface area contributed by atoms with Gasteiger partial charge in [-0.2, -0.15) is 0 Å². The molecule has 1 fully saturated rings.